The zero-order valence-corrected chi connectivity index (χ0v) is 12.1. The summed E-state index contributed by atoms with van der Waals surface area (Å²) in [4.78, 5) is 0. The second kappa shape index (κ2) is 5.72. The van der Waals surface area contributed by atoms with E-state index in [1.165, 1.54) is 6.42 Å². The number of allylic oxidation sites excluding steroid dienone is 4. The predicted molar refractivity (Wildman–Crippen MR) is 70.2 cm³/mol. The first-order valence-corrected chi connectivity index (χ1v) is 7.69. The third kappa shape index (κ3) is 2.69. The molecule has 74 valence electrons. The van der Waals surface area contributed by atoms with E-state index in [1.807, 2.05) is 0 Å². The molecule has 0 saturated heterocycles. The maximum absolute atomic E-state index is 3.62. The molecule has 0 saturated carbocycles. The number of hydrogen-bond donors (Lipinski definition) is 0. The van der Waals surface area contributed by atoms with Crippen molar-refractivity contribution in [3.8, 4) is 0 Å². The van der Waals surface area contributed by atoms with Crippen molar-refractivity contribution in [3.05, 3.63) is 24.3 Å². The van der Waals surface area contributed by atoms with Crippen molar-refractivity contribution in [2.45, 2.75) is 6.42 Å². The Hall–Kier alpha value is 0.920. The van der Waals surface area contributed by atoms with E-state index < -0.39 is 0 Å². The fourth-order valence-electron chi connectivity index (χ4n) is 1.62. The van der Waals surface area contributed by atoms with Crippen molar-refractivity contribution >= 4 is 47.8 Å². The summed E-state index contributed by atoms with van der Waals surface area (Å²) in [5, 5.41) is 3.12. The van der Waals surface area contributed by atoms with Crippen LogP contribution >= 0.6 is 47.8 Å². The monoisotopic (exact) mass is 370 g/mol. The summed E-state index contributed by atoms with van der Waals surface area (Å²) < 4.78 is 0. The molecule has 0 heterocycles. The molecule has 1 aliphatic carbocycles. The van der Waals surface area contributed by atoms with E-state index in [0.717, 1.165) is 16.0 Å². The van der Waals surface area contributed by atoms with Crippen LogP contribution in [0.3, 0.4) is 0 Å². The highest BCUT2D eigenvalue weighted by molar-refractivity contribution is 9.09. The van der Waals surface area contributed by atoms with Crippen molar-refractivity contribution in [1.82, 2.24) is 0 Å². The van der Waals surface area contributed by atoms with Crippen molar-refractivity contribution in [1.29, 1.82) is 0 Å². The lowest BCUT2D eigenvalue weighted by molar-refractivity contribution is 0.333. The molecule has 0 bridgehead atoms. The molecular formula is C10H13Br3. The highest BCUT2D eigenvalue weighted by atomic mass is 79.9. The Labute approximate surface area is 105 Å². The lowest BCUT2D eigenvalue weighted by Gasteiger charge is -2.36. The van der Waals surface area contributed by atoms with Crippen molar-refractivity contribution in [2.24, 2.45) is 11.3 Å². The van der Waals surface area contributed by atoms with Gasteiger partial charge in [0.05, 0.1) is 0 Å². The Morgan fingerprint density at radius 1 is 1.15 bits per heavy atom. The average Bonchev–Trinajstić information content (AvgIpc) is 2.19. The molecule has 13 heavy (non-hydrogen) atoms. The number of halogens is 3. The molecular weight excluding hydrogens is 360 g/mol. The first-order valence-electron chi connectivity index (χ1n) is 4.33. The minimum Gasteiger partial charge on any atom is -0.0928 e. The molecule has 0 N–H and O–H groups in total. The molecule has 0 nitrogen and oxygen atoms in total. The first kappa shape index (κ1) is 12.0. The van der Waals surface area contributed by atoms with Crippen molar-refractivity contribution in [2.75, 3.05) is 16.0 Å². The van der Waals surface area contributed by atoms with E-state index in [1.54, 1.807) is 0 Å². The van der Waals surface area contributed by atoms with Gasteiger partial charge in [-0.25, -0.2) is 0 Å². The van der Waals surface area contributed by atoms with Gasteiger partial charge in [-0.3, -0.25) is 0 Å². The largest absolute Gasteiger partial charge is 0.0928 e. The second-order valence-electron chi connectivity index (χ2n) is 3.31. The van der Waals surface area contributed by atoms with Crippen LogP contribution in [-0.4, -0.2) is 16.0 Å². The Balaban J connectivity index is 2.81. The molecule has 1 aliphatic rings. The quantitative estimate of drug-likeness (QED) is 0.646. The van der Waals surface area contributed by atoms with Gasteiger partial charge >= 0.3 is 0 Å². The van der Waals surface area contributed by atoms with Crippen LogP contribution in [0, 0.1) is 11.3 Å². The van der Waals surface area contributed by atoms with Crippen LogP contribution in [0.2, 0.25) is 0 Å². The first-order chi connectivity index (χ1) is 6.29. The molecule has 0 amide bonds. The van der Waals surface area contributed by atoms with Crippen LogP contribution in [0.4, 0.5) is 0 Å². The minimum absolute atomic E-state index is 0.293. The Kier molecular flexibility index (Phi) is 5.27. The van der Waals surface area contributed by atoms with E-state index in [9.17, 15) is 0 Å². The number of rotatable bonds is 4. The van der Waals surface area contributed by atoms with Gasteiger partial charge in [0.15, 0.2) is 0 Å². The predicted octanol–water partition coefficient (Wildman–Crippen LogP) is 4.29. The third-order valence-electron chi connectivity index (χ3n) is 2.60. The molecule has 0 aromatic heterocycles. The van der Waals surface area contributed by atoms with Gasteiger partial charge < -0.3 is 0 Å². The van der Waals surface area contributed by atoms with Gasteiger partial charge in [0.1, 0.15) is 0 Å². The molecule has 0 fully saturated rings. The molecule has 1 rings (SSSR count). The summed E-state index contributed by atoms with van der Waals surface area (Å²) in [6.45, 7) is 0. The van der Waals surface area contributed by atoms with Gasteiger partial charge in [-0.15, -0.1) is 0 Å². The fraction of sp³-hybridized carbons (Fsp3) is 0.600. The Bertz CT molecular complexity index is 210. The van der Waals surface area contributed by atoms with Crippen LogP contribution in [0.5, 0.6) is 0 Å². The van der Waals surface area contributed by atoms with E-state index in [0.29, 0.717) is 11.3 Å². The highest BCUT2D eigenvalue weighted by Crippen LogP contribution is 2.40. The molecule has 0 aromatic rings. The molecule has 0 aliphatic heterocycles. The van der Waals surface area contributed by atoms with Gasteiger partial charge in [-0.1, -0.05) is 72.1 Å². The summed E-state index contributed by atoms with van der Waals surface area (Å²) in [6.07, 6.45) is 10.1. The molecule has 0 spiro atoms. The zero-order chi connectivity index (χ0) is 9.73. The summed E-state index contributed by atoms with van der Waals surface area (Å²) >= 11 is 10.7. The SMILES string of the molecule is BrCCC1(CBr)C=CC=CC1CBr. The van der Waals surface area contributed by atoms with Crippen LogP contribution in [0.15, 0.2) is 24.3 Å². The fourth-order valence-corrected chi connectivity index (χ4v) is 4.10. The van der Waals surface area contributed by atoms with Crippen LogP contribution < -0.4 is 0 Å². The van der Waals surface area contributed by atoms with Gasteiger partial charge in [-0.05, 0) is 12.3 Å². The molecule has 2 unspecified atom stereocenters. The summed E-state index contributed by atoms with van der Waals surface area (Å²) in [7, 11) is 0. The van der Waals surface area contributed by atoms with Gasteiger partial charge in [0, 0.05) is 21.4 Å². The third-order valence-corrected chi connectivity index (χ3v) is 4.73. The Morgan fingerprint density at radius 2 is 1.92 bits per heavy atom. The second-order valence-corrected chi connectivity index (χ2v) is 5.31. The minimum atomic E-state index is 0.293. The molecule has 0 aromatic carbocycles. The average molecular weight is 373 g/mol. The topological polar surface area (TPSA) is 0 Å². The van der Waals surface area contributed by atoms with Crippen LogP contribution in [0.1, 0.15) is 6.42 Å². The maximum atomic E-state index is 3.62. The Morgan fingerprint density at radius 3 is 2.46 bits per heavy atom. The van der Waals surface area contributed by atoms with E-state index >= 15 is 0 Å². The van der Waals surface area contributed by atoms with Gasteiger partial charge in [0.25, 0.3) is 0 Å². The van der Waals surface area contributed by atoms with Crippen molar-refractivity contribution < 1.29 is 0 Å². The standard InChI is InChI=1S/C10H13Br3/c11-6-5-10(8-13)4-2-1-3-9(10)7-12/h1-4,9H,5-8H2. The van der Waals surface area contributed by atoms with Gasteiger partial charge in [-0.2, -0.15) is 0 Å². The summed E-state index contributed by atoms with van der Waals surface area (Å²) in [5.74, 6) is 0.606. The molecule has 0 radical (unpaired) electrons. The molecule has 3 heteroatoms. The number of alkyl halides is 3. The number of hydrogen-bond acceptors (Lipinski definition) is 0. The van der Waals surface area contributed by atoms with Crippen LogP contribution in [0.25, 0.3) is 0 Å². The zero-order valence-electron chi connectivity index (χ0n) is 7.35. The smallest absolute Gasteiger partial charge is 0.0129 e. The van der Waals surface area contributed by atoms with Crippen LogP contribution in [-0.2, 0) is 0 Å². The van der Waals surface area contributed by atoms with E-state index in [4.69, 9.17) is 0 Å². The van der Waals surface area contributed by atoms with E-state index in [2.05, 4.69) is 72.1 Å². The summed E-state index contributed by atoms with van der Waals surface area (Å²) in [6, 6.07) is 0. The van der Waals surface area contributed by atoms with E-state index in [-0.39, 0.29) is 0 Å². The normalized spacial score (nSPS) is 32.4. The lowest BCUT2D eigenvalue weighted by Crippen LogP contribution is -2.32. The van der Waals surface area contributed by atoms with Crippen molar-refractivity contribution in [3.63, 3.8) is 0 Å². The molecule has 2 atom stereocenters. The van der Waals surface area contributed by atoms with Gasteiger partial charge in [0.2, 0.25) is 0 Å². The lowest BCUT2D eigenvalue weighted by atomic mass is 9.73. The summed E-state index contributed by atoms with van der Waals surface area (Å²) in [5.41, 5.74) is 0.293. The highest BCUT2D eigenvalue weighted by Gasteiger charge is 2.33. The maximum Gasteiger partial charge on any atom is 0.0129 e.